The van der Waals surface area contributed by atoms with Crippen molar-refractivity contribution in [1.29, 1.82) is 0 Å². The van der Waals surface area contributed by atoms with Crippen molar-refractivity contribution in [3.63, 3.8) is 0 Å². The molecule has 1 aromatic heterocycles. The van der Waals surface area contributed by atoms with Crippen LogP contribution in [0.5, 0.6) is 0 Å². The Hall–Kier alpha value is -0.870. The highest BCUT2D eigenvalue weighted by Crippen LogP contribution is 2.10. The molecule has 1 unspecified atom stereocenters. The Bertz CT molecular complexity index is 283. The lowest BCUT2D eigenvalue weighted by Crippen LogP contribution is -2.29. The van der Waals surface area contributed by atoms with E-state index in [1.54, 1.807) is 6.20 Å². The summed E-state index contributed by atoms with van der Waals surface area (Å²) in [4.78, 5) is 4.19. The number of aryl methyl sites for hydroxylation is 1. The number of hydrogen-bond donors (Lipinski definition) is 2. The first-order valence-electron chi connectivity index (χ1n) is 5.57. The minimum absolute atomic E-state index is 0.384. The van der Waals surface area contributed by atoms with E-state index >= 15 is 0 Å². The van der Waals surface area contributed by atoms with E-state index in [2.05, 4.69) is 31.1 Å². The summed E-state index contributed by atoms with van der Waals surface area (Å²) in [5.74, 6) is 0.755. The van der Waals surface area contributed by atoms with Gasteiger partial charge in [0.25, 0.3) is 0 Å². The largest absolute Gasteiger partial charge is 0.384 e. The average molecular weight is 211 g/mol. The third kappa shape index (κ3) is 3.64. The zero-order valence-electron chi connectivity index (χ0n) is 9.77. The molecule has 15 heavy (non-hydrogen) atoms. The summed E-state index contributed by atoms with van der Waals surface area (Å²) in [5.41, 5.74) is 0. The number of nitrogens with zero attached hydrogens (tertiary/aromatic N) is 2. The molecule has 0 fully saturated rings. The van der Waals surface area contributed by atoms with Crippen LogP contribution in [-0.2, 0) is 6.54 Å². The minimum atomic E-state index is -0.519. The van der Waals surface area contributed by atoms with Gasteiger partial charge in [0.2, 0.25) is 0 Å². The molecule has 0 spiro atoms. The fourth-order valence-corrected chi connectivity index (χ4v) is 1.49. The van der Waals surface area contributed by atoms with Crippen molar-refractivity contribution in [2.45, 2.75) is 45.9 Å². The second-order valence-electron chi connectivity index (χ2n) is 4.06. The molecule has 0 aliphatic carbocycles. The number of aliphatic hydroxyl groups excluding tert-OH is 1. The molecule has 0 aliphatic heterocycles. The lowest BCUT2D eigenvalue weighted by Gasteiger charge is -2.15. The van der Waals surface area contributed by atoms with Gasteiger partial charge in [0.1, 0.15) is 11.9 Å². The van der Waals surface area contributed by atoms with Gasteiger partial charge in [-0.25, -0.2) is 4.98 Å². The van der Waals surface area contributed by atoms with Crippen LogP contribution in [0.1, 0.15) is 39.1 Å². The van der Waals surface area contributed by atoms with E-state index in [9.17, 15) is 5.11 Å². The van der Waals surface area contributed by atoms with Crippen molar-refractivity contribution < 1.29 is 5.11 Å². The van der Waals surface area contributed by atoms with E-state index in [0.29, 0.717) is 12.6 Å². The number of imidazole rings is 1. The number of hydrogen-bond acceptors (Lipinski definition) is 3. The summed E-state index contributed by atoms with van der Waals surface area (Å²) in [6.07, 6.45) is 4.18. The molecule has 1 heterocycles. The molecule has 4 heteroatoms. The molecule has 4 nitrogen and oxygen atoms in total. The number of aromatic nitrogens is 2. The summed E-state index contributed by atoms with van der Waals surface area (Å²) in [5, 5.41) is 13.1. The predicted molar refractivity (Wildman–Crippen MR) is 60.6 cm³/mol. The normalized spacial score (nSPS) is 13.4. The average Bonchev–Trinajstić information content (AvgIpc) is 2.63. The summed E-state index contributed by atoms with van der Waals surface area (Å²) >= 11 is 0. The van der Waals surface area contributed by atoms with Crippen LogP contribution < -0.4 is 5.32 Å². The Morgan fingerprint density at radius 3 is 2.87 bits per heavy atom. The maximum Gasteiger partial charge on any atom is 0.138 e. The van der Waals surface area contributed by atoms with E-state index in [1.165, 1.54) is 0 Å². The van der Waals surface area contributed by atoms with Gasteiger partial charge in [0.15, 0.2) is 0 Å². The van der Waals surface area contributed by atoms with Gasteiger partial charge in [0.05, 0.1) is 0 Å². The molecule has 1 aromatic rings. The topological polar surface area (TPSA) is 50.1 Å². The van der Waals surface area contributed by atoms with Crippen LogP contribution in [-0.4, -0.2) is 27.2 Å². The predicted octanol–water partition coefficient (Wildman–Crippen LogP) is 1.32. The fraction of sp³-hybridized carbons (Fsp3) is 0.727. The van der Waals surface area contributed by atoms with E-state index < -0.39 is 6.10 Å². The van der Waals surface area contributed by atoms with Crippen LogP contribution in [0.25, 0.3) is 0 Å². The van der Waals surface area contributed by atoms with Gasteiger partial charge >= 0.3 is 0 Å². The standard InChI is InChI=1S/C11H21N3O/c1-4-6-14-7-5-12-11(14)10(15)8-13-9(2)3/h5,7,9-10,13,15H,4,6,8H2,1-3H3. The molecular weight excluding hydrogens is 190 g/mol. The van der Waals surface area contributed by atoms with Crippen LogP contribution in [0.3, 0.4) is 0 Å². The van der Waals surface area contributed by atoms with E-state index in [1.807, 2.05) is 10.8 Å². The molecule has 0 bridgehead atoms. The Morgan fingerprint density at radius 1 is 1.53 bits per heavy atom. The van der Waals surface area contributed by atoms with Gasteiger partial charge in [-0.2, -0.15) is 0 Å². The lowest BCUT2D eigenvalue weighted by atomic mass is 10.3. The molecule has 0 saturated carbocycles. The second kappa shape index (κ2) is 5.88. The van der Waals surface area contributed by atoms with Crippen molar-refractivity contribution in [3.05, 3.63) is 18.2 Å². The Kier molecular flexibility index (Phi) is 4.78. The zero-order valence-corrected chi connectivity index (χ0v) is 9.77. The first-order chi connectivity index (χ1) is 7.15. The molecule has 86 valence electrons. The fourth-order valence-electron chi connectivity index (χ4n) is 1.49. The summed E-state index contributed by atoms with van der Waals surface area (Å²) in [6, 6.07) is 0.384. The smallest absolute Gasteiger partial charge is 0.138 e. The quantitative estimate of drug-likeness (QED) is 0.746. The Labute approximate surface area is 91.3 Å². The van der Waals surface area contributed by atoms with Crippen molar-refractivity contribution in [1.82, 2.24) is 14.9 Å². The van der Waals surface area contributed by atoms with Gasteiger partial charge in [-0.15, -0.1) is 0 Å². The highest BCUT2D eigenvalue weighted by atomic mass is 16.3. The van der Waals surface area contributed by atoms with Crippen LogP contribution in [0, 0.1) is 0 Å². The Balaban J connectivity index is 2.56. The first kappa shape index (κ1) is 12.2. The molecule has 0 aliphatic rings. The third-order valence-corrected chi connectivity index (χ3v) is 2.23. The number of nitrogens with one attached hydrogen (secondary N) is 1. The van der Waals surface area contributed by atoms with E-state index in [0.717, 1.165) is 18.8 Å². The van der Waals surface area contributed by atoms with Crippen molar-refractivity contribution in [2.24, 2.45) is 0 Å². The van der Waals surface area contributed by atoms with Crippen LogP contribution >= 0.6 is 0 Å². The molecule has 1 rings (SSSR count). The molecule has 2 N–H and O–H groups in total. The number of aliphatic hydroxyl groups is 1. The molecular formula is C11H21N3O. The van der Waals surface area contributed by atoms with E-state index in [4.69, 9.17) is 0 Å². The lowest BCUT2D eigenvalue weighted by molar-refractivity contribution is 0.157. The van der Waals surface area contributed by atoms with Gasteiger partial charge in [0, 0.05) is 31.5 Å². The maximum absolute atomic E-state index is 9.92. The van der Waals surface area contributed by atoms with Gasteiger partial charge in [-0.3, -0.25) is 0 Å². The molecule has 0 radical (unpaired) electrons. The molecule has 0 saturated heterocycles. The highest BCUT2D eigenvalue weighted by Gasteiger charge is 2.13. The third-order valence-electron chi connectivity index (χ3n) is 2.23. The van der Waals surface area contributed by atoms with Crippen LogP contribution in [0.2, 0.25) is 0 Å². The van der Waals surface area contributed by atoms with Crippen LogP contribution in [0.4, 0.5) is 0 Å². The summed E-state index contributed by atoms with van der Waals surface area (Å²) in [6.45, 7) is 7.70. The van der Waals surface area contributed by atoms with Gasteiger partial charge in [-0.05, 0) is 6.42 Å². The zero-order chi connectivity index (χ0) is 11.3. The maximum atomic E-state index is 9.92. The van der Waals surface area contributed by atoms with Gasteiger partial charge < -0.3 is 15.0 Å². The SMILES string of the molecule is CCCn1ccnc1C(O)CNC(C)C. The molecule has 1 atom stereocenters. The first-order valence-corrected chi connectivity index (χ1v) is 5.57. The van der Waals surface area contributed by atoms with Crippen molar-refractivity contribution in [2.75, 3.05) is 6.54 Å². The highest BCUT2D eigenvalue weighted by molar-refractivity contribution is 4.97. The number of rotatable bonds is 6. The van der Waals surface area contributed by atoms with Crippen LogP contribution in [0.15, 0.2) is 12.4 Å². The van der Waals surface area contributed by atoms with Crippen molar-refractivity contribution in [3.8, 4) is 0 Å². The monoisotopic (exact) mass is 211 g/mol. The van der Waals surface area contributed by atoms with E-state index in [-0.39, 0.29) is 0 Å². The summed E-state index contributed by atoms with van der Waals surface area (Å²) < 4.78 is 2.01. The second-order valence-corrected chi connectivity index (χ2v) is 4.06. The van der Waals surface area contributed by atoms with Gasteiger partial charge in [-0.1, -0.05) is 20.8 Å². The molecule has 0 aromatic carbocycles. The van der Waals surface area contributed by atoms with Crippen molar-refractivity contribution >= 4 is 0 Å². The minimum Gasteiger partial charge on any atom is -0.384 e. The Morgan fingerprint density at radius 2 is 2.27 bits per heavy atom. The summed E-state index contributed by atoms with van der Waals surface area (Å²) in [7, 11) is 0. The molecule has 0 amide bonds.